The average molecular weight is 347 g/mol. The van der Waals surface area contributed by atoms with Crippen LogP contribution in [0.3, 0.4) is 0 Å². The van der Waals surface area contributed by atoms with Crippen molar-refractivity contribution >= 4 is 27.5 Å². The number of hydrogen-bond donors (Lipinski definition) is 1. The number of halogens is 3. The lowest BCUT2D eigenvalue weighted by Gasteiger charge is -2.20. The van der Waals surface area contributed by atoms with Gasteiger partial charge < -0.3 is 5.32 Å². The van der Waals surface area contributed by atoms with Crippen molar-refractivity contribution in [3.8, 4) is 0 Å². The largest absolute Gasteiger partial charge is 0.305 e. The van der Waals surface area contributed by atoms with Crippen molar-refractivity contribution in [2.24, 2.45) is 7.05 Å². The number of aromatic nitrogens is 2. The van der Waals surface area contributed by atoms with Crippen LogP contribution in [-0.2, 0) is 7.05 Å². The lowest BCUT2D eigenvalue weighted by Crippen LogP contribution is -2.25. The number of benzene rings is 1. The first kappa shape index (κ1) is 14.5. The summed E-state index contributed by atoms with van der Waals surface area (Å²) in [6, 6.07) is 4.62. The molecule has 0 saturated carbocycles. The van der Waals surface area contributed by atoms with Gasteiger partial charge in [0.2, 0.25) is 0 Å². The molecule has 1 aromatic carbocycles. The zero-order valence-electron chi connectivity index (χ0n) is 10.6. The molecule has 1 heterocycles. The van der Waals surface area contributed by atoms with Crippen LogP contribution in [0, 0.1) is 5.82 Å². The van der Waals surface area contributed by atoms with Crippen molar-refractivity contribution in [3.63, 3.8) is 0 Å². The van der Waals surface area contributed by atoms with Gasteiger partial charge in [-0.05, 0) is 34.1 Å². The highest BCUT2D eigenvalue weighted by atomic mass is 79.9. The second-order valence-corrected chi connectivity index (χ2v) is 5.37. The predicted octanol–water partition coefficient (Wildman–Crippen LogP) is 3.67. The fraction of sp³-hybridized carbons (Fsp3) is 0.308. The molecular formula is C13H14BrClFN3. The molecule has 0 aliphatic carbocycles. The van der Waals surface area contributed by atoms with Crippen molar-refractivity contribution in [3.05, 3.63) is 51.0 Å². The van der Waals surface area contributed by atoms with E-state index in [0.29, 0.717) is 5.56 Å². The van der Waals surface area contributed by atoms with E-state index in [1.807, 2.05) is 20.0 Å². The molecule has 0 saturated heterocycles. The summed E-state index contributed by atoms with van der Waals surface area (Å²) in [7, 11) is 1.84. The van der Waals surface area contributed by atoms with Gasteiger partial charge >= 0.3 is 0 Å². The number of rotatable bonds is 4. The van der Waals surface area contributed by atoms with Crippen LogP contribution in [0.25, 0.3) is 0 Å². The molecule has 0 fully saturated rings. The highest BCUT2D eigenvalue weighted by molar-refractivity contribution is 9.10. The van der Waals surface area contributed by atoms with Crippen LogP contribution in [0.5, 0.6) is 0 Å². The third-order valence-electron chi connectivity index (χ3n) is 2.91. The third kappa shape index (κ3) is 2.83. The summed E-state index contributed by atoms with van der Waals surface area (Å²) in [6.45, 7) is 2.72. The SMILES string of the molecule is CCNC(c1cccc(F)c1Cl)c1c(Br)cnn1C. The minimum Gasteiger partial charge on any atom is -0.305 e. The number of nitrogens with zero attached hydrogens (tertiary/aromatic N) is 2. The Morgan fingerprint density at radius 2 is 2.26 bits per heavy atom. The van der Waals surface area contributed by atoms with E-state index in [1.54, 1.807) is 16.9 Å². The molecule has 1 unspecified atom stereocenters. The topological polar surface area (TPSA) is 29.9 Å². The molecule has 1 atom stereocenters. The molecule has 0 amide bonds. The Kier molecular flexibility index (Phi) is 4.60. The Balaban J connectivity index is 2.55. The van der Waals surface area contributed by atoms with Gasteiger partial charge in [-0.3, -0.25) is 4.68 Å². The van der Waals surface area contributed by atoms with E-state index in [4.69, 9.17) is 11.6 Å². The molecule has 0 bridgehead atoms. The van der Waals surface area contributed by atoms with Gasteiger partial charge in [0.05, 0.1) is 27.4 Å². The molecule has 1 N–H and O–H groups in total. The average Bonchev–Trinajstić information content (AvgIpc) is 2.70. The minimum absolute atomic E-state index is 0.140. The number of hydrogen-bond acceptors (Lipinski definition) is 2. The van der Waals surface area contributed by atoms with Crippen LogP contribution < -0.4 is 5.32 Å². The molecular weight excluding hydrogens is 333 g/mol. The summed E-state index contributed by atoms with van der Waals surface area (Å²) in [5, 5.41) is 7.64. The van der Waals surface area contributed by atoms with Crippen molar-refractivity contribution in [2.75, 3.05) is 6.54 Å². The van der Waals surface area contributed by atoms with Crippen LogP contribution in [0.1, 0.15) is 24.2 Å². The lowest BCUT2D eigenvalue weighted by atomic mass is 10.0. The van der Waals surface area contributed by atoms with Crippen LogP contribution in [-0.4, -0.2) is 16.3 Å². The summed E-state index contributed by atoms with van der Waals surface area (Å²) in [5.74, 6) is -0.416. The molecule has 0 aliphatic heterocycles. The summed E-state index contributed by atoms with van der Waals surface area (Å²) >= 11 is 9.55. The normalized spacial score (nSPS) is 12.7. The standard InChI is InChI=1S/C13H14BrClFN3/c1-3-17-12(13-9(14)7-18-19(13)2)8-5-4-6-10(16)11(8)15/h4-7,12,17H,3H2,1-2H3. The second kappa shape index (κ2) is 6.03. The van der Waals surface area contributed by atoms with Gasteiger partial charge in [0.1, 0.15) is 5.82 Å². The molecule has 2 aromatic rings. The number of aryl methyl sites for hydroxylation is 1. The monoisotopic (exact) mass is 345 g/mol. The van der Waals surface area contributed by atoms with E-state index in [2.05, 4.69) is 26.3 Å². The zero-order chi connectivity index (χ0) is 14.0. The van der Waals surface area contributed by atoms with Gasteiger partial charge in [-0.15, -0.1) is 0 Å². The maximum atomic E-state index is 13.6. The van der Waals surface area contributed by atoms with Gasteiger partial charge in [-0.2, -0.15) is 5.10 Å². The second-order valence-electron chi connectivity index (χ2n) is 4.14. The maximum absolute atomic E-state index is 13.6. The van der Waals surface area contributed by atoms with E-state index < -0.39 is 5.82 Å². The third-order valence-corrected chi connectivity index (χ3v) is 3.92. The Bertz CT molecular complexity index is 566. The summed E-state index contributed by atoms with van der Waals surface area (Å²) in [4.78, 5) is 0. The van der Waals surface area contributed by atoms with Gasteiger partial charge in [-0.25, -0.2) is 4.39 Å². The lowest BCUT2D eigenvalue weighted by molar-refractivity contribution is 0.563. The molecule has 2 rings (SSSR count). The Morgan fingerprint density at radius 3 is 2.84 bits per heavy atom. The Morgan fingerprint density at radius 1 is 1.53 bits per heavy atom. The fourth-order valence-electron chi connectivity index (χ4n) is 2.05. The van der Waals surface area contributed by atoms with Gasteiger partial charge in [0, 0.05) is 7.05 Å². The van der Waals surface area contributed by atoms with Crippen molar-refractivity contribution < 1.29 is 4.39 Å². The van der Waals surface area contributed by atoms with Crippen LogP contribution >= 0.6 is 27.5 Å². The molecule has 0 radical (unpaired) electrons. The van der Waals surface area contributed by atoms with Gasteiger partial charge in [0.25, 0.3) is 0 Å². The summed E-state index contributed by atoms with van der Waals surface area (Å²) in [5.41, 5.74) is 1.61. The first-order valence-corrected chi connectivity index (χ1v) is 7.08. The number of nitrogens with one attached hydrogen (secondary N) is 1. The van der Waals surface area contributed by atoms with E-state index in [9.17, 15) is 4.39 Å². The molecule has 3 nitrogen and oxygen atoms in total. The fourth-order valence-corrected chi connectivity index (χ4v) is 2.86. The Hall–Kier alpha value is -0.910. The highest BCUT2D eigenvalue weighted by Gasteiger charge is 2.23. The van der Waals surface area contributed by atoms with Gasteiger partial charge in [0.15, 0.2) is 0 Å². The Labute approximate surface area is 124 Å². The van der Waals surface area contributed by atoms with E-state index in [1.165, 1.54) is 6.07 Å². The van der Waals surface area contributed by atoms with Crippen molar-refractivity contribution in [1.82, 2.24) is 15.1 Å². The first-order chi connectivity index (χ1) is 9.06. The summed E-state index contributed by atoms with van der Waals surface area (Å²) in [6.07, 6.45) is 1.72. The molecule has 19 heavy (non-hydrogen) atoms. The van der Waals surface area contributed by atoms with Crippen LogP contribution in [0.15, 0.2) is 28.9 Å². The highest BCUT2D eigenvalue weighted by Crippen LogP contribution is 2.33. The molecule has 0 spiro atoms. The van der Waals surface area contributed by atoms with E-state index in [0.717, 1.165) is 16.7 Å². The van der Waals surface area contributed by atoms with E-state index >= 15 is 0 Å². The summed E-state index contributed by atoms with van der Waals surface area (Å²) < 4.78 is 16.2. The predicted molar refractivity (Wildman–Crippen MR) is 77.8 cm³/mol. The molecule has 0 aliphatic rings. The molecule has 102 valence electrons. The molecule has 1 aromatic heterocycles. The maximum Gasteiger partial charge on any atom is 0.142 e. The minimum atomic E-state index is -0.416. The van der Waals surface area contributed by atoms with Gasteiger partial charge in [-0.1, -0.05) is 30.7 Å². The van der Waals surface area contributed by atoms with Crippen molar-refractivity contribution in [2.45, 2.75) is 13.0 Å². The van der Waals surface area contributed by atoms with E-state index in [-0.39, 0.29) is 11.1 Å². The van der Waals surface area contributed by atoms with Crippen LogP contribution in [0.4, 0.5) is 4.39 Å². The molecule has 6 heteroatoms. The smallest absolute Gasteiger partial charge is 0.142 e. The first-order valence-electron chi connectivity index (χ1n) is 5.91. The van der Waals surface area contributed by atoms with Crippen molar-refractivity contribution in [1.29, 1.82) is 0 Å². The zero-order valence-corrected chi connectivity index (χ0v) is 13.0. The van der Waals surface area contributed by atoms with Crippen LogP contribution in [0.2, 0.25) is 5.02 Å². The quantitative estimate of drug-likeness (QED) is 0.915.